The summed E-state index contributed by atoms with van der Waals surface area (Å²) in [5, 5.41) is 12.3. The Bertz CT molecular complexity index is 448. The molecule has 2 unspecified atom stereocenters. The molecular weight excluding hydrogens is 232 g/mol. The van der Waals surface area contributed by atoms with Crippen LogP contribution in [0.5, 0.6) is 0 Å². The molecule has 1 aromatic carbocycles. The van der Waals surface area contributed by atoms with Crippen LogP contribution in [0.4, 0.5) is 11.4 Å². The van der Waals surface area contributed by atoms with E-state index in [0.29, 0.717) is 17.4 Å². The van der Waals surface area contributed by atoms with Crippen LogP contribution in [0, 0.1) is 0 Å². The maximum absolute atomic E-state index is 11.0. The SMILES string of the molecule is COC1CCC(Nc2cccc(C(=O)O)c2N)C1. The highest BCUT2D eigenvalue weighted by Gasteiger charge is 2.25. The highest BCUT2D eigenvalue weighted by molar-refractivity contribution is 5.97. The first-order valence-corrected chi connectivity index (χ1v) is 6.03. The molecule has 2 atom stereocenters. The van der Waals surface area contributed by atoms with Crippen LogP contribution in [0.1, 0.15) is 29.6 Å². The molecule has 0 aromatic heterocycles. The summed E-state index contributed by atoms with van der Waals surface area (Å²) >= 11 is 0. The van der Waals surface area contributed by atoms with E-state index < -0.39 is 5.97 Å². The van der Waals surface area contributed by atoms with Crippen LogP contribution in [0.15, 0.2) is 18.2 Å². The van der Waals surface area contributed by atoms with Gasteiger partial charge in [0.25, 0.3) is 0 Å². The number of benzene rings is 1. The molecule has 18 heavy (non-hydrogen) atoms. The molecular formula is C13H18N2O3. The molecule has 0 amide bonds. The van der Waals surface area contributed by atoms with Crippen molar-refractivity contribution in [3.63, 3.8) is 0 Å². The van der Waals surface area contributed by atoms with Crippen LogP contribution in [-0.4, -0.2) is 30.3 Å². The second kappa shape index (κ2) is 5.27. The van der Waals surface area contributed by atoms with Gasteiger partial charge in [-0.25, -0.2) is 4.79 Å². The van der Waals surface area contributed by atoms with Crippen molar-refractivity contribution >= 4 is 17.3 Å². The van der Waals surface area contributed by atoms with E-state index in [1.165, 1.54) is 6.07 Å². The van der Waals surface area contributed by atoms with Gasteiger partial charge in [0, 0.05) is 13.2 Å². The van der Waals surface area contributed by atoms with Crippen molar-refractivity contribution in [2.24, 2.45) is 0 Å². The average Bonchev–Trinajstić information content (AvgIpc) is 2.79. The number of rotatable bonds is 4. The molecule has 1 aliphatic rings. The second-order valence-electron chi connectivity index (χ2n) is 4.58. The van der Waals surface area contributed by atoms with E-state index in [0.717, 1.165) is 19.3 Å². The number of carboxylic acid groups (broad SMARTS) is 1. The summed E-state index contributed by atoms with van der Waals surface area (Å²) in [4.78, 5) is 11.0. The van der Waals surface area contributed by atoms with Crippen molar-refractivity contribution < 1.29 is 14.6 Å². The van der Waals surface area contributed by atoms with E-state index in [1.807, 2.05) is 6.07 Å². The Morgan fingerprint density at radius 1 is 1.50 bits per heavy atom. The molecule has 5 nitrogen and oxygen atoms in total. The van der Waals surface area contributed by atoms with Gasteiger partial charge < -0.3 is 20.9 Å². The van der Waals surface area contributed by atoms with E-state index in [-0.39, 0.29) is 11.7 Å². The number of carbonyl (C=O) groups is 1. The number of nitrogens with one attached hydrogen (secondary N) is 1. The number of para-hydroxylation sites is 1. The summed E-state index contributed by atoms with van der Waals surface area (Å²) in [6.07, 6.45) is 3.24. The third-order valence-corrected chi connectivity index (χ3v) is 3.41. The van der Waals surface area contributed by atoms with Crippen molar-refractivity contribution in [1.82, 2.24) is 0 Å². The average molecular weight is 250 g/mol. The summed E-state index contributed by atoms with van der Waals surface area (Å²) in [5.74, 6) is -1.00. The van der Waals surface area contributed by atoms with Crippen molar-refractivity contribution in [1.29, 1.82) is 0 Å². The van der Waals surface area contributed by atoms with Crippen molar-refractivity contribution in [2.75, 3.05) is 18.2 Å². The molecule has 4 N–H and O–H groups in total. The first-order valence-electron chi connectivity index (χ1n) is 6.03. The fourth-order valence-electron chi connectivity index (χ4n) is 2.38. The van der Waals surface area contributed by atoms with E-state index >= 15 is 0 Å². The zero-order chi connectivity index (χ0) is 13.1. The molecule has 0 aliphatic heterocycles. The zero-order valence-electron chi connectivity index (χ0n) is 10.3. The molecule has 1 saturated carbocycles. The lowest BCUT2D eigenvalue weighted by molar-refractivity contribution is 0.0698. The third kappa shape index (κ3) is 2.56. The van der Waals surface area contributed by atoms with Gasteiger partial charge >= 0.3 is 5.97 Å². The number of anilines is 2. The van der Waals surface area contributed by atoms with Crippen LogP contribution in [-0.2, 0) is 4.74 Å². The molecule has 5 heteroatoms. The normalized spacial score (nSPS) is 22.9. The lowest BCUT2D eigenvalue weighted by Crippen LogP contribution is -2.18. The fourth-order valence-corrected chi connectivity index (χ4v) is 2.38. The molecule has 1 aromatic rings. The Kier molecular flexibility index (Phi) is 3.72. The van der Waals surface area contributed by atoms with E-state index in [9.17, 15) is 4.79 Å². The van der Waals surface area contributed by atoms with Gasteiger partial charge in [0.15, 0.2) is 0 Å². The molecule has 0 bridgehead atoms. The highest BCUT2D eigenvalue weighted by Crippen LogP contribution is 2.29. The third-order valence-electron chi connectivity index (χ3n) is 3.41. The van der Waals surface area contributed by atoms with Crippen LogP contribution < -0.4 is 11.1 Å². The van der Waals surface area contributed by atoms with Crippen LogP contribution in [0.2, 0.25) is 0 Å². The number of ether oxygens (including phenoxy) is 1. The number of aromatic carboxylic acids is 1. The number of nitrogens with two attached hydrogens (primary N) is 1. The Balaban J connectivity index is 2.10. The number of hydrogen-bond acceptors (Lipinski definition) is 4. The molecule has 2 rings (SSSR count). The Hall–Kier alpha value is -1.75. The van der Waals surface area contributed by atoms with Gasteiger partial charge in [-0.2, -0.15) is 0 Å². The summed E-state index contributed by atoms with van der Waals surface area (Å²) in [5.41, 5.74) is 6.98. The standard InChI is InChI=1S/C13H18N2O3/c1-18-9-6-5-8(7-9)15-11-4-2-3-10(12(11)14)13(16)17/h2-4,8-9,15H,5-7,14H2,1H3,(H,16,17). The van der Waals surface area contributed by atoms with Gasteiger partial charge in [0.1, 0.15) is 0 Å². The van der Waals surface area contributed by atoms with Gasteiger partial charge in [-0.1, -0.05) is 6.07 Å². The first kappa shape index (κ1) is 12.7. The predicted molar refractivity (Wildman–Crippen MR) is 69.9 cm³/mol. The number of methoxy groups -OCH3 is 1. The lowest BCUT2D eigenvalue weighted by atomic mass is 10.1. The molecule has 0 radical (unpaired) electrons. The van der Waals surface area contributed by atoms with Crippen LogP contribution >= 0.6 is 0 Å². The van der Waals surface area contributed by atoms with Crippen molar-refractivity contribution in [3.05, 3.63) is 23.8 Å². The molecule has 1 aliphatic carbocycles. The van der Waals surface area contributed by atoms with Crippen molar-refractivity contribution in [2.45, 2.75) is 31.4 Å². The van der Waals surface area contributed by atoms with Crippen molar-refractivity contribution in [3.8, 4) is 0 Å². The van der Waals surface area contributed by atoms with Gasteiger partial charge in [0.05, 0.1) is 23.0 Å². The van der Waals surface area contributed by atoms with Gasteiger partial charge in [-0.15, -0.1) is 0 Å². The monoisotopic (exact) mass is 250 g/mol. The lowest BCUT2D eigenvalue weighted by Gasteiger charge is -2.17. The summed E-state index contributed by atoms with van der Waals surface area (Å²) < 4.78 is 5.31. The largest absolute Gasteiger partial charge is 0.478 e. The molecule has 1 fully saturated rings. The highest BCUT2D eigenvalue weighted by atomic mass is 16.5. The Morgan fingerprint density at radius 3 is 2.89 bits per heavy atom. The first-order chi connectivity index (χ1) is 8.61. The minimum Gasteiger partial charge on any atom is -0.478 e. The second-order valence-corrected chi connectivity index (χ2v) is 4.58. The van der Waals surface area contributed by atoms with Gasteiger partial charge in [0.2, 0.25) is 0 Å². The summed E-state index contributed by atoms with van der Waals surface area (Å²) in [6.45, 7) is 0. The molecule has 0 spiro atoms. The summed E-state index contributed by atoms with van der Waals surface area (Å²) in [6, 6.07) is 5.31. The fraction of sp³-hybridized carbons (Fsp3) is 0.462. The Morgan fingerprint density at radius 2 is 2.28 bits per heavy atom. The maximum Gasteiger partial charge on any atom is 0.337 e. The minimum absolute atomic E-state index is 0.140. The Labute approximate surface area is 106 Å². The molecule has 0 heterocycles. The number of carboxylic acids is 1. The summed E-state index contributed by atoms with van der Waals surface area (Å²) in [7, 11) is 1.71. The van der Waals surface area contributed by atoms with Crippen LogP contribution in [0.25, 0.3) is 0 Å². The predicted octanol–water partition coefficient (Wildman–Crippen LogP) is 1.95. The van der Waals surface area contributed by atoms with Gasteiger partial charge in [-0.05, 0) is 31.4 Å². The smallest absolute Gasteiger partial charge is 0.337 e. The quantitative estimate of drug-likeness (QED) is 0.711. The maximum atomic E-state index is 11.0. The number of nitrogen functional groups attached to an aromatic ring is 1. The zero-order valence-corrected chi connectivity index (χ0v) is 10.3. The van der Waals surface area contributed by atoms with Gasteiger partial charge in [-0.3, -0.25) is 0 Å². The van der Waals surface area contributed by atoms with Crippen LogP contribution in [0.3, 0.4) is 0 Å². The molecule has 0 saturated heterocycles. The van der Waals surface area contributed by atoms with E-state index in [1.54, 1.807) is 13.2 Å². The van der Waals surface area contributed by atoms with E-state index in [2.05, 4.69) is 5.32 Å². The number of hydrogen-bond donors (Lipinski definition) is 3. The molecule has 98 valence electrons. The minimum atomic E-state index is -1.00. The van der Waals surface area contributed by atoms with E-state index in [4.69, 9.17) is 15.6 Å². The topological polar surface area (TPSA) is 84.6 Å².